The van der Waals surface area contributed by atoms with Crippen LogP contribution in [-0.2, 0) is 20.6 Å². The molecule has 0 bridgehead atoms. The van der Waals surface area contributed by atoms with Crippen molar-refractivity contribution in [3.63, 3.8) is 0 Å². The van der Waals surface area contributed by atoms with Crippen LogP contribution in [0.15, 0.2) is 24.3 Å². The fraction of sp³-hybridized carbons (Fsp3) is 0.643. The summed E-state index contributed by atoms with van der Waals surface area (Å²) in [6.45, 7) is 10.9. The molecule has 0 amide bonds. The summed E-state index contributed by atoms with van der Waals surface area (Å²) >= 11 is 4.51. The Balaban J connectivity index is 2.91. The third kappa shape index (κ3) is 8.18. The van der Waals surface area contributed by atoms with Crippen molar-refractivity contribution in [2.75, 3.05) is 36.9 Å². The van der Waals surface area contributed by atoms with Gasteiger partial charge in [0.05, 0.1) is 0 Å². The Bertz CT molecular complexity index is 1140. The van der Waals surface area contributed by atoms with Crippen LogP contribution in [0, 0.1) is 5.82 Å². The third-order valence-corrected chi connectivity index (χ3v) is 17.9. The topological polar surface area (TPSA) is 72.4 Å². The van der Waals surface area contributed by atoms with E-state index in [0.29, 0.717) is 5.69 Å². The summed E-state index contributed by atoms with van der Waals surface area (Å²) in [4.78, 5) is 9.65. The number of hydrogen-bond acceptors (Lipinski definition) is 5. The van der Waals surface area contributed by atoms with Gasteiger partial charge in [-0.25, -0.2) is 0 Å². The van der Waals surface area contributed by atoms with Crippen molar-refractivity contribution >= 4 is 37.0 Å². The van der Waals surface area contributed by atoms with E-state index >= 15 is 0 Å². The van der Waals surface area contributed by atoms with Crippen LogP contribution in [0.4, 0.5) is 10.3 Å². The van der Waals surface area contributed by atoms with Gasteiger partial charge in [-0.1, -0.05) is 0 Å². The molecule has 6 nitrogen and oxygen atoms in total. The summed E-state index contributed by atoms with van der Waals surface area (Å²) in [5.41, 5.74) is 3.27. The van der Waals surface area contributed by atoms with Crippen molar-refractivity contribution < 1.29 is 17.0 Å². The number of nitrogens with zero attached hydrogens (tertiary/aromatic N) is 3. The van der Waals surface area contributed by atoms with Gasteiger partial charge >= 0.3 is 239 Å². The Labute approximate surface area is 238 Å². The second-order valence-corrected chi connectivity index (χ2v) is 23.8. The average Bonchev–Trinajstić information content (AvgIpc) is 2.90. The molecule has 0 spiro atoms. The van der Waals surface area contributed by atoms with Crippen molar-refractivity contribution in [2.24, 2.45) is 0 Å². The number of benzene rings is 1. The van der Waals surface area contributed by atoms with Gasteiger partial charge in [0.2, 0.25) is 0 Å². The van der Waals surface area contributed by atoms with Gasteiger partial charge in [0.15, 0.2) is 0 Å². The fourth-order valence-electron chi connectivity index (χ4n) is 4.95. The van der Waals surface area contributed by atoms with E-state index in [2.05, 4.69) is 50.1 Å². The van der Waals surface area contributed by atoms with Gasteiger partial charge in [-0.3, -0.25) is 0 Å². The van der Waals surface area contributed by atoms with Gasteiger partial charge < -0.3 is 0 Å². The molecule has 1 aromatic heterocycles. The molecule has 0 N–H and O–H groups in total. The van der Waals surface area contributed by atoms with Crippen molar-refractivity contribution in [1.29, 1.82) is 0 Å². The zero-order valence-corrected chi connectivity index (χ0v) is 27.4. The minimum absolute atomic E-state index is 0.0227. The summed E-state index contributed by atoms with van der Waals surface area (Å²) in [6, 6.07) is 6.27. The Morgan fingerprint density at radius 3 is 1.89 bits per heavy atom. The second kappa shape index (κ2) is 14.0. The molecule has 1 aromatic carbocycles. The van der Waals surface area contributed by atoms with Crippen molar-refractivity contribution in [3.05, 3.63) is 41.3 Å². The van der Waals surface area contributed by atoms with Crippen LogP contribution in [0.2, 0.25) is 0 Å². The van der Waals surface area contributed by atoms with E-state index in [1.165, 1.54) is 19.2 Å². The first-order chi connectivity index (χ1) is 17.8. The van der Waals surface area contributed by atoms with Crippen molar-refractivity contribution in [3.8, 4) is 11.3 Å². The molecule has 0 radical (unpaired) electrons. The zero-order chi connectivity index (χ0) is 28.6. The van der Waals surface area contributed by atoms with E-state index in [1.54, 1.807) is 12.1 Å². The van der Waals surface area contributed by atoms with Gasteiger partial charge in [0, 0.05) is 0 Å². The van der Waals surface area contributed by atoms with Gasteiger partial charge in [-0.05, 0) is 0 Å². The quantitative estimate of drug-likeness (QED) is 0.173. The van der Waals surface area contributed by atoms with Crippen LogP contribution in [0.1, 0.15) is 90.3 Å². The van der Waals surface area contributed by atoms with E-state index in [4.69, 9.17) is 14.2 Å². The van der Waals surface area contributed by atoms with E-state index in [9.17, 15) is 12.8 Å². The molecule has 216 valence electrons. The van der Waals surface area contributed by atoms with E-state index in [0.717, 1.165) is 91.4 Å². The van der Waals surface area contributed by atoms with Crippen molar-refractivity contribution in [2.45, 2.75) is 85.2 Å². The van der Waals surface area contributed by atoms with E-state index < -0.39 is 15.6 Å². The van der Waals surface area contributed by atoms with Gasteiger partial charge in [-0.15, -0.1) is 0 Å². The molecule has 2 rings (SSSR count). The molecule has 0 saturated heterocycles. The SMILES string of the molecule is CCCCP(Br)(CCCC)(CCCC)Cc1c(-c2ccc(F)cc2)nc(N(C)S(=O)(=O)OC)nc1C(C)C. The Hall–Kier alpha value is -1.15. The van der Waals surface area contributed by atoms with E-state index in [1.807, 2.05) is 0 Å². The van der Waals surface area contributed by atoms with Gasteiger partial charge in [0.1, 0.15) is 0 Å². The number of anilines is 1. The summed E-state index contributed by atoms with van der Waals surface area (Å²) in [7, 11) is -1.54. The Morgan fingerprint density at radius 1 is 0.974 bits per heavy atom. The predicted molar refractivity (Wildman–Crippen MR) is 165 cm³/mol. The molecule has 0 aliphatic rings. The third-order valence-electron chi connectivity index (χ3n) is 7.28. The van der Waals surface area contributed by atoms with Gasteiger partial charge in [-0.2, -0.15) is 0 Å². The van der Waals surface area contributed by atoms with E-state index in [-0.39, 0.29) is 17.7 Å². The zero-order valence-electron chi connectivity index (χ0n) is 24.1. The number of rotatable bonds is 16. The number of halogens is 2. The Kier molecular flexibility index (Phi) is 12.1. The number of hydrogen-bond donors (Lipinski definition) is 0. The first-order valence-corrected chi connectivity index (χ1v) is 20.1. The average molecular weight is 635 g/mol. The summed E-state index contributed by atoms with van der Waals surface area (Å²) in [6.07, 6.45) is 11.1. The molecule has 0 unspecified atom stereocenters. The normalized spacial score (nSPS) is 13.5. The first kappa shape index (κ1) is 33.1. The van der Waals surface area contributed by atoms with Crippen LogP contribution in [0.25, 0.3) is 11.3 Å². The second-order valence-electron chi connectivity index (χ2n) is 10.7. The molecule has 1 heterocycles. The summed E-state index contributed by atoms with van der Waals surface area (Å²) in [5, 5.41) is -2.44. The van der Waals surface area contributed by atoms with Crippen LogP contribution in [0.5, 0.6) is 0 Å². The first-order valence-electron chi connectivity index (χ1n) is 13.8. The predicted octanol–water partition coefficient (Wildman–Crippen LogP) is 8.50. The molecule has 0 fully saturated rings. The van der Waals surface area contributed by atoms with Crippen LogP contribution in [-0.4, -0.2) is 51.0 Å². The standard InChI is InChI=1S/C28H46BrFN3O3PS/c1-8-11-18-37(29,19-12-9-2,20-13-10-3)21-25-26(22(4)5)31-28(33(6)38(34,35)36-7)32-27(25)23-14-16-24(30)17-15-23/h14-17,22H,8-13,18-21H2,1-7H3. The molecule has 0 aliphatic carbocycles. The monoisotopic (exact) mass is 633 g/mol. The molecule has 0 atom stereocenters. The van der Waals surface area contributed by atoms with Crippen molar-refractivity contribution in [1.82, 2.24) is 9.97 Å². The van der Waals surface area contributed by atoms with Crippen LogP contribution < -0.4 is 4.31 Å². The number of aromatic nitrogens is 2. The van der Waals surface area contributed by atoms with Crippen LogP contribution >= 0.6 is 20.8 Å². The molecular formula is C28H46BrFN3O3PS. The molecule has 2 aromatic rings. The maximum absolute atomic E-state index is 13.9. The summed E-state index contributed by atoms with van der Waals surface area (Å²) in [5.74, 6) is -0.264. The molecular weight excluding hydrogens is 588 g/mol. The molecule has 38 heavy (non-hydrogen) atoms. The number of unbranched alkanes of at least 4 members (excludes halogenated alkanes) is 3. The molecule has 10 heteroatoms. The Morgan fingerprint density at radius 2 is 1.47 bits per heavy atom. The van der Waals surface area contributed by atoms with Gasteiger partial charge in [0.25, 0.3) is 0 Å². The molecule has 0 aliphatic heterocycles. The molecule has 0 saturated carbocycles. The maximum atomic E-state index is 13.9. The minimum atomic E-state index is -4.05. The summed E-state index contributed by atoms with van der Waals surface area (Å²) < 4.78 is 44.8. The van der Waals surface area contributed by atoms with Crippen LogP contribution in [0.3, 0.4) is 0 Å². The fourth-order valence-corrected chi connectivity index (χ4v) is 14.0.